The Labute approximate surface area is 134 Å². The summed E-state index contributed by atoms with van der Waals surface area (Å²) in [7, 11) is 0. The van der Waals surface area contributed by atoms with E-state index in [4.69, 9.17) is 14.2 Å². The largest absolute Gasteiger partial charge is 0.458 e. The van der Waals surface area contributed by atoms with E-state index in [2.05, 4.69) is 0 Å². The first kappa shape index (κ1) is 18.9. The molecule has 0 fully saturated rings. The van der Waals surface area contributed by atoms with Crippen LogP contribution in [0.15, 0.2) is 24.3 Å². The lowest BCUT2D eigenvalue weighted by Gasteiger charge is -2.25. The van der Waals surface area contributed by atoms with Crippen LogP contribution < -0.4 is 0 Å². The van der Waals surface area contributed by atoms with Crippen LogP contribution in [0.3, 0.4) is 0 Å². The third-order valence-corrected chi connectivity index (χ3v) is 3.15. The number of allylic oxidation sites excluding steroid dienone is 1. The molecule has 23 heavy (non-hydrogen) atoms. The van der Waals surface area contributed by atoms with Gasteiger partial charge >= 0.3 is 17.9 Å². The number of carbonyl (C=O) groups is 3. The van der Waals surface area contributed by atoms with Gasteiger partial charge in [0.1, 0.15) is 12.2 Å². The summed E-state index contributed by atoms with van der Waals surface area (Å²) < 4.78 is 15.4. The van der Waals surface area contributed by atoms with E-state index in [1.54, 1.807) is 13.8 Å². The normalized spacial score (nSPS) is 29.0. The Hall–Kier alpha value is -2.15. The molecule has 0 amide bonds. The molecule has 0 bridgehead atoms. The van der Waals surface area contributed by atoms with E-state index in [1.807, 2.05) is 0 Å². The Kier molecular flexibility index (Phi) is 7.47. The van der Waals surface area contributed by atoms with Crippen LogP contribution in [-0.2, 0) is 28.6 Å². The predicted molar refractivity (Wildman–Crippen MR) is 80.2 cm³/mol. The van der Waals surface area contributed by atoms with Crippen molar-refractivity contribution < 1.29 is 33.7 Å². The molecular weight excluding hydrogens is 304 g/mol. The number of carbonyl (C=O) groups excluding carboxylic acids is 3. The highest BCUT2D eigenvalue weighted by atomic mass is 16.6. The van der Waals surface area contributed by atoms with E-state index < -0.39 is 42.3 Å². The molecule has 4 atom stereocenters. The molecule has 0 radical (unpaired) electrons. The van der Waals surface area contributed by atoms with Gasteiger partial charge in [-0.15, -0.1) is 0 Å². The van der Waals surface area contributed by atoms with Crippen molar-refractivity contribution in [2.24, 2.45) is 0 Å². The van der Waals surface area contributed by atoms with Crippen LogP contribution in [0, 0.1) is 0 Å². The summed E-state index contributed by atoms with van der Waals surface area (Å²) in [5.74, 6) is -1.68. The van der Waals surface area contributed by atoms with Gasteiger partial charge < -0.3 is 19.3 Å². The first-order chi connectivity index (χ1) is 10.8. The Bertz CT molecular complexity index is 495. The van der Waals surface area contributed by atoms with Gasteiger partial charge in [0.25, 0.3) is 0 Å². The van der Waals surface area contributed by atoms with E-state index >= 15 is 0 Å². The number of esters is 3. The van der Waals surface area contributed by atoms with E-state index in [9.17, 15) is 19.5 Å². The fourth-order valence-electron chi connectivity index (χ4n) is 2.02. The fourth-order valence-corrected chi connectivity index (χ4v) is 2.02. The standard InChI is InChI=1S/C16H22O7/c1-4-5-15(19)23-13-7-8-14(22-11(3)17)12(18)6-9-16(20)21-10(13)2/h4-5,7-8,10,12-14,18H,6,9H2,1-3H3. The molecular formula is C16H22O7. The number of cyclic esters (lactones) is 1. The fraction of sp³-hybridized carbons (Fsp3) is 0.562. The molecule has 0 saturated heterocycles. The van der Waals surface area contributed by atoms with Gasteiger partial charge in [-0.3, -0.25) is 9.59 Å². The van der Waals surface area contributed by atoms with Crippen LogP contribution in [-0.4, -0.2) is 47.4 Å². The van der Waals surface area contributed by atoms with Gasteiger partial charge in [0, 0.05) is 19.4 Å². The summed E-state index contributed by atoms with van der Waals surface area (Å²) >= 11 is 0. The number of hydrogen-bond acceptors (Lipinski definition) is 7. The maximum Gasteiger partial charge on any atom is 0.331 e. The van der Waals surface area contributed by atoms with Gasteiger partial charge in [0.05, 0.1) is 6.10 Å². The first-order valence-corrected chi connectivity index (χ1v) is 7.40. The maximum absolute atomic E-state index is 11.7. The van der Waals surface area contributed by atoms with Crippen molar-refractivity contribution >= 4 is 17.9 Å². The van der Waals surface area contributed by atoms with Crippen molar-refractivity contribution in [1.82, 2.24) is 0 Å². The second kappa shape index (κ2) is 9.09. The predicted octanol–water partition coefficient (Wildman–Crippen LogP) is 1.05. The van der Waals surface area contributed by atoms with Crippen LogP contribution in [0.1, 0.15) is 33.6 Å². The monoisotopic (exact) mass is 326 g/mol. The number of aliphatic hydroxyl groups is 1. The molecule has 1 aliphatic heterocycles. The molecule has 0 saturated carbocycles. The van der Waals surface area contributed by atoms with Crippen LogP contribution in [0.5, 0.6) is 0 Å². The molecule has 0 aromatic rings. The van der Waals surface area contributed by atoms with Crippen LogP contribution in [0.2, 0.25) is 0 Å². The summed E-state index contributed by atoms with van der Waals surface area (Å²) in [6.45, 7) is 4.48. The molecule has 1 aliphatic rings. The summed E-state index contributed by atoms with van der Waals surface area (Å²) in [4.78, 5) is 34.4. The van der Waals surface area contributed by atoms with E-state index in [1.165, 1.54) is 31.2 Å². The molecule has 0 aromatic carbocycles. The minimum atomic E-state index is -1.05. The lowest BCUT2D eigenvalue weighted by atomic mass is 10.0. The molecule has 1 N–H and O–H groups in total. The minimum absolute atomic E-state index is 0.0351. The van der Waals surface area contributed by atoms with Gasteiger partial charge in [-0.2, -0.15) is 0 Å². The molecule has 7 nitrogen and oxygen atoms in total. The van der Waals surface area contributed by atoms with Crippen molar-refractivity contribution in [3.05, 3.63) is 24.3 Å². The molecule has 4 unspecified atom stereocenters. The summed E-state index contributed by atoms with van der Waals surface area (Å²) in [6, 6.07) is 0. The lowest BCUT2D eigenvalue weighted by molar-refractivity contribution is -0.162. The highest BCUT2D eigenvalue weighted by molar-refractivity contribution is 5.82. The third-order valence-electron chi connectivity index (χ3n) is 3.15. The second-order valence-corrected chi connectivity index (χ2v) is 5.16. The molecule has 0 aliphatic carbocycles. The van der Waals surface area contributed by atoms with Gasteiger partial charge in [-0.1, -0.05) is 6.08 Å². The highest BCUT2D eigenvalue weighted by Crippen LogP contribution is 2.16. The lowest BCUT2D eigenvalue weighted by Crippen LogP contribution is -2.35. The molecule has 1 heterocycles. The molecule has 1 rings (SSSR count). The topological polar surface area (TPSA) is 99.1 Å². The quantitative estimate of drug-likeness (QED) is 0.358. The van der Waals surface area contributed by atoms with Gasteiger partial charge in [-0.05, 0) is 32.4 Å². The Morgan fingerprint density at radius 2 is 1.96 bits per heavy atom. The molecule has 0 spiro atoms. The zero-order valence-electron chi connectivity index (χ0n) is 13.4. The Balaban J connectivity index is 2.99. The number of hydrogen-bond donors (Lipinski definition) is 1. The van der Waals surface area contributed by atoms with Crippen LogP contribution in [0.4, 0.5) is 0 Å². The summed E-state index contributed by atoms with van der Waals surface area (Å²) in [5, 5.41) is 10.0. The van der Waals surface area contributed by atoms with Crippen molar-refractivity contribution in [3.8, 4) is 0 Å². The smallest absolute Gasteiger partial charge is 0.331 e. The molecule has 7 heteroatoms. The first-order valence-electron chi connectivity index (χ1n) is 7.40. The van der Waals surface area contributed by atoms with E-state index in [0.29, 0.717) is 0 Å². The van der Waals surface area contributed by atoms with Gasteiger partial charge in [0.2, 0.25) is 0 Å². The Morgan fingerprint density at radius 3 is 2.57 bits per heavy atom. The average molecular weight is 326 g/mol. The average Bonchev–Trinajstić information content (AvgIpc) is 2.46. The van der Waals surface area contributed by atoms with Gasteiger partial charge in [-0.25, -0.2) is 4.79 Å². The highest BCUT2D eigenvalue weighted by Gasteiger charge is 2.27. The van der Waals surface area contributed by atoms with Crippen LogP contribution in [0.25, 0.3) is 0 Å². The van der Waals surface area contributed by atoms with Gasteiger partial charge in [0.15, 0.2) is 6.10 Å². The van der Waals surface area contributed by atoms with Crippen molar-refractivity contribution in [2.45, 2.75) is 58.0 Å². The second-order valence-electron chi connectivity index (χ2n) is 5.16. The number of aliphatic hydroxyl groups excluding tert-OH is 1. The summed E-state index contributed by atoms with van der Waals surface area (Å²) in [5.41, 5.74) is 0. The Morgan fingerprint density at radius 1 is 1.30 bits per heavy atom. The van der Waals surface area contributed by atoms with Crippen LogP contribution >= 0.6 is 0 Å². The molecule has 128 valence electrons. The number of rotatable bonds is 3. The van der Waals surface area contributed by atoms with E-state index in [-0.39, 0.29) is 12.8 Å². The third kappa shape index (κ3) is 6.65. The van der Waals surface area contributed by atoms with Crippen molar-refractivity contribution in [3.63, 3.8) is 0 Å². The van der Waals surface area contributed by atoms with Crippen molar-refractivity contribution in [1.29, 1.82) is 0 Å². The maximum atomic E-state index is 11.7. The minimum Gasteiger partial charge on any atom is -0.458 e. The summed E-state index contributed by atoms with van der Waals surface area (Å²) in [6.07, 6.45) is 2.16. The SMILES string of the molecule is CC=CC(=O)OC1C=CC(OC(C)=O)C(O)CCC(=O)OC1C. The number of ether oxygens (including phenoxy) is 3. The zero-order chi connectivity index (χ0) is 17.4. The molecule has 0 aromatic heterocycles. The zero-order valence-corrected chi connectivity index (χ0v) is 13.4. The van der Waals surface area contributed by atoms with E-state index in [0.717, 1.165) is 0 Å². The van der Waals surface area contributed by atoms with Crippen molar-refractivity contribution in [2.75, 3.05) is 0 Å².